The maximum atomic E-state index is 8.48. The van der Waals surface area contributed by atoms with E-state index in [4.69, 9.17) is 21.3 Å². The van der Waals surface area contributed by atoms with Gasteiger partial charge in [-0.15, -0.1) is 45.3 Å². The lowest BCUT2D eigenvalue weighted by molar-refractivity contribution is 0.0646. The number of alkyl halides is 2. The molecule has 200 valence electrons. The van der Waals surface area contributed by atoms with Crippen molar-refractivity contribution in [3.05, 3.63) is 67.2 Å². The Morgan fingerprint density at radius 3 is 2.11 bits per heavy atom. The SMILES string of the molecule is BrCCOCCBr.N#CCc1nc(-c2cccs2)cs1.[C-]#[N+]C1(c2nc(-c3cccs3)cs2)CCOCC1. The van der Waals surface area contributed by atoms with Crippen molar-refractivity contribution in [2.24, 2.45) is 0 Å². The van der Waals surface area contributed by atoms with E-state index in [1.807, 2.05) is 34.3 Å². The van der Waals surface area contributed by atoms with Crippen LogP contribution in [0.15, 0.2) is 45.8 Å². The Bertz CT molecular complexity index is 1270. The average Bonchev–Trinajstić information content (AvgIpc) is 3.78. The van der Waals surface area contributed by atoms with Crippen LogP contribution >= 0.6 is 77.2 Å². The maximum absolute atomic E-state index is 8.48. The van der Waals surface area contributed by atoms with E-state index in [0.717, 1.165) is 58.1 Å². The minimum Gasteiger partial charge on any atom is -0.381 e. The van der Waals surface area contributed by atoms with E-state index in [1.165, 1.54) is 9.75 Å². The van der Waals surface area contributed by atoms with Crippen molar-refractivity contribution in [1.29, 1.82) is 5.26 Å². The summed E-state index contributed by atoms with van der Waals surface area (Å²) in [6.45, 7) is 10.5. The van der Waals surface area contributed by atoms with Crippen LogP contribution in [0.25, 0.3) is 26.0 Å². The summed E-state index contributed by atoms with van der Waals surface area (Å²) in [4.78, 5) is 15.2. The van der Waals surface area contributed by atoms with Crippen LogP contribution in [0.4, 0.5) is 0 Å². The Kier molecular flexibility index (Phi) is 14.1. The molecule has 0 atom stereocenters. The Balaban J connectivity index is 0.000000175. The number of nitrogens with zero attached hydrogens (tertiary/aromatic N) is 4. The van der Waals surface area contributed by atoms with E-state index in [1.54, 1.807) is 45.3 Å². The molecule has 0 bridgehead atoms. The number of aromatic nitrogens is 2. The second-order valence-corrected chi connectivity index (χ2v) is 13.0. The van der Waals surface area contributed by atoms with Gasteiger partial charge in [0.15, 0.2) is 5.01 Å². The van der Waals surface area contributed by atoms with Crippen molar-refractivity contribution in [3.8, 4) is 27.2 Å². The van der Waals surface area contributed by atoms with Gasteiger partial charge < -0.3 is 14.3 Å². The first kappa shape index (κ1) is 31.1. The smallest absolute Gasteiger partial charge is 0.287 e. The van der Waals surface area contributed by atoms with Crippen molar-refractivity contribution in [2.75, 3.05) is 37.1 Å². The first-order chi connectivity index (χ1) is 18.7. The average molecular weight is 715 g/mol. The first-order valence-corrected chi connectivity index (χ1v) is 17.4. The number of thiazole rings is 2. The zero-order valence-electron chi connectivity index (χ0n) is 20.5. The summed E-state index contributed by atoms with van der Waals surface area (Å²) in [7, 11) is 0. The highest BCUT2D eigenvalue weighted by Gasteiger charge is 2.43. The summed E-state index contributed by atoms with van der Waals surface area (Å²) in [6, 6.07) is 10.2. The Morgan fingerprint density at radius 1 is 0.974 bits per heavy atom. The van der Waals surface area contributed by atoms with Crippen molar-refractivity contribution in [3.63, 3.8) is 0 Å². The summed E-state index contributed by atoms with van der Waals surface area (Å²) >= 11 is 13.0. The Hall–Kier alpha value is -1.48. The van der Waals surface area contributed by atoms with E-state index in [9.17, 15) is 0 Å². The van der Waals surface area contributed by atoms with Crippen LogP contribution in [0.2, 0.25) is 0 Å². The fourth-order valence-corrected chi connectivity index (χ4v) is 7.04. The lowest BCUT2D eigenvalue weighted by Gasteiger charge is -2.24. The predicted molar refractivity (Wildman–Crippen MR) is 167 cm³/mol. The van der Waals surface area contributed by atoms with Gasteiger partial charge in [0, 0.05) is 21.4 Å². The van der Waals surface area contributed by atoms with Crippen LogP contribution in [0, 0.1) is 17.9 Å². The van der Waals surface area contributed by atoms with E-state index >= 15 is 0 Å². The zero-order chi connectivity index (χ0) is 27.1. The van der Waals surface area contributed by atoms with Crippen LogP contribution in [0.5, 0.6) is 0 Å². The molecule has 5 heterocycles. The largest absolute Gasteiger partial charge is 0.381 e. The Morgan fingerprint density at radius 2 is 1.58 bits per heavy atom. The molecule has 0 radical (unpaired) electrons. The highest BCUT2D eigenvalue weighted by molar-refractivity contribution is 9.09. The summed E-state index contributed by atoms with van der Waals surface area (Å²) in [5.41, 5.74) is 1.54. The summed E-state index contributed by atoms with van der Waals surface area (Å²) < 4.78 is 10.4. The molecular formula is C26H26Br2N4O2S4. The van der Waals surface area contributed by atoms with Crippen LogP contribution in [0.1, 0.15) is 22.9 Å². The molecular weight excluding hydrogens is 688 g/mol. The molecule has 4 aromatic heterocycles. The second kappa shape index (κ2) is 17.3. The standard InChI is InChI=1S/C13H12N2OS2.C9H6N2S2.C4H8Br2O/c1-14-13(4-6-16-7-5-13)12-15-10(9-18-12)11-3-2-8-17-11;10-4-3-9-11-7(6-13-9)8-2-1-5-12-8;5-1-3-7-4-2-6/h2-3,8-9H,4-7H2;1-2,5-6H,3H2;1-4H2. The van der Waals surface area contributed by atoms with Crippen molar-refractivity contribution in [1.82, 2.24) is 9.97 Å². The lowest BCUT2D eigenvalue weighted by Crippen LogP contribution is -2.30. The molecule has 1 aliphatic heterocycles. The van der Waals surface area contributed by atoms with Gasteiger partial charge in [-0.1, -0.05) is 44.0 Å². The van der Waals surface area contributed by atoms with Gasteiger partial charge in [0.2, 0.25) is 0 Å². The molecule has 38 heavy (non-hydrogen) atoms. The molecule has 1 fully saturated rings. The number of halogens is 2. The van der Waals surface area contributed by atoms with E-state index < -0.39 is 5.54 Å². The van der Waals surface area contributed by atoms with Crippen molar-refractivity contribution < 1.29 is 9.47 Å². The molecule has 0 N–H and O–H groups in total. The number of hydrogen-bond acceptors (Lipinski definition) is 9. The van der Waals surface area contributed by atoms with E-state index in [2.05, 4.69) is 64.2 Å². The molecule has 1 saturated heterocycles. The molecule has 0 aliphatic carbocycles. The molecule has 5 rings (SSSR count). The van der Waals surface area contributed by atoms with Gasteiger partial charge >= 0.3 is 0 Å². The van der Waals surface area contributed by atoms with E-state index in [0.29, 0.717) is 19.6 Å². The number of hydrogen-bond donors (Lipinski definition) is 0. The minimum absolute atomic E-state index is 0.413. The molecule has 6 nitrogen and oxygen atoms in total. The molecule has 12 heteroatoms. The third-order valence-electron chi connectivity index (χ3n) is 5.21. The second-order valence-electron chi connectivity index (χ2n) is 7.70. The summed E-state index contributed by atoms with van der Waals surface area (Å²) in [5, 5.41) is 20.3. The van der Waals surface area contributed by atoms with Gasteiger partial charge in [0.1, 0.15) is 5.01 Å². The molecule has 0 amide bonds. The summed E-state index contributed by atoms with van der Waals surface area (Å²) in [5.74, 6) is 0. The van der Waals surface area contributed by atoms with Gasteiger partial charge in [-0.05, 0) is 22.9 Å². The zero-order valence-corrected chi connectivity index (χ0v) is 26.9. The van der Waals surface area contributed by atoms with Gasteiger partial charge in [-0.2, -0.15) is 5.26 Å². The fraction of sp³-hybridized carbons (Fsp3) is 0.385. The molecule has 0 aromatic carbocycles. The predicted octanol–water partition coefficient (Wildman–Crippen LogP) is 8.53. The molecule has 0 unspecified atom stereocenters. The van der Waals surface area contributed by atoms with Crippen LogP contribution in [0.3, 0.4) is 0 Å². The first-order valence-electron chi connectivity index (χ1n) is 11.7. The number of nitriles is 1. The number of thiophene rings is 2. The highest BCUT2D eigenvalue weighted by atomic mass is 79.9. The maximum Gasteiger partial charge on any atom is 0.287 e. The number of ether oxygens (including phenoxy) is 2. The van der Waals surface area contributed by atoms with Crippen LogP contribution in [-0.4, -0.2) is 47.1 Å². The summed E-state index contributed by atoms with van der Waals surface area (Å²) in [6.07, 6.45) is 1.93. The third kappa shape index (κ3) is 9.32. The Labute approximate surface area is 256 Å². The van der Waals surface area contributed by atoms with Gasteiger partial charge in [-0.25, -0.2) is 16.5 Å². The van der Waals surface area contributed by atoms with Gasteiger partial charge in [0.25, 0.3) is 5.54 Å². The molecule has 0 saturated carbocycles. The molecule has 4 aromatic rings. The fourth-order valence-electron chi connectivity index (χ4n) is 3.32. The molecule has 0 spiro atoms. The van der Waals surface area contributed by atoms with Crippen LogP contribution < -0.4 is 0 Å². The minimum atomic E-state index is -0.446. The topological polar surface area (TPSA) is 72.4 Å². The normalized spacial score (nSPS) is 13.8. The van der Waals surface area contributed by atoms with E-state index in [-0.39, 0.29) is 0 Å². The monoisotopic (exact) mass is 712 g/mol. The van der Waals surface area contributed by atoms with Gasteiger partial charge in [-0.3, -0.25) is 0 Å². The number of rotatable bonds is 8. The van der Waals surface area contributed by atoms with Gasteiger partial charge in [0.05, 0.1) is 72.9 Å². The van der Waals surface area contributed by atoms with Crippen molar-refractivity contribution >= 4 is 77.2 Å². The third-order valence-corrected chi connectivity index (χ3v) is 9.53. The lowest BCUT2D eigenvalue weighted by atomic mass is 9.92. The highest BCUT2D eigenvalue weighted by Crippen LogP contribution is 2.40. The van der Waals surface area contributed by atoms with Crippen LogP contribution in [-0.2, 0) is 21.4 Å². The van der Waals surface area contributed by atoms with Crippen molar-refractivity contribution in [2.45, 2.75) is 24.8 Å². The molecule has 1 aliphatic rings. The quantitative estimate of drug-likeness (QED) is 0.104.